The maximum Gasteiger partial charge on any atom is 0.352 e. The number of thiazole rings is 2. The van der Waals surface area contributed by atoms with Gasteiger partial charge in [0.2, 0.25) is 0 Å². The molecule has 0 spiro atoms. The molecule has 0 radical (unpaired) electrons. The van der Waals surface area contributed by atoms with Crippen LogP contribution in [-0.4, -0.2) is 86.8 Å². The van der Waals surface area contributed by atoms with Crippen LogP contribution in [0.4, 0.5) is 5.13 Å². The van der Waals surface area contributed by atoms with Crippen molar-refractivity contribution in [3.8, 4) is 34.3 Å². The first-order valence-corrected chi connectivity index (χ1v) is 17.5. The highest BCUT2D eigenvalue weighted by Crippen LogP contribution is 2.42. The Labute approximate surface area is 287 Å². The van der Waals surface area contributed by atoms with Gasteiger partial charge in [-0.05, 0) is 41.5 Å². The predicted molar refractivity (Wildman–Crippen MR) is 179 cm³/mol. The van der Waals surface area contributed by atoms with Gasteiger partial charge in [-0.1, -0.05) is 23.0 Å². The number of carboxylic acid groups (broad SMARTS) is 1. The zero-order valence-corrected chi connectivity index (χ0v) is 27.5. The number of benzene rings is 2. The second-order valence-electron chi connectivity index (χ2n) is 10.2. The van der Waals surface area contributed by atoms with Crippen LogP contribution in [0.2, 0.25) is 0 Å². The summed E-state index contributed by atoms with van der Waals surface area (Å²) in [5.74, 6) is -3.34. The largest absolute Gasteiger partial charge is 0.504 e. The monoisotopic (exact) mass is 728 g/mol. The third-order valence-corrected chi connectivity index (χ3v) is 11.2. The van der Waals surface area contributed by atoms with E-state index in [4.69, 9.17) is 10.6 Å². The third kappa shape index (κ3) is 6.70. The average Bonchev–Trinajstić information content (AvgIpc) is 3.72. The van der Waals surface area contributed by atoms with Gasteiger partial charge in [-0.2, -0.15) is 0 Å². The minimum Gasteiger partial charge on any atom is -0.504 e. The van der Waals surface area contributed by atoms with E-state index in [0.717, 1.165) is 16.2 Å². The van der Waals surface area contributed by atoms with Crippen molar-refractivity contribution in [2.45, 2.75) is 22.4 Å². The van der Waals surface area contributed by atoms with Crippen molar-refractivity contribution in [3.05, 3.63) is 69.7 Å². The van der Waals surface area contributed by atoms with Crippen molar-refractivity contribution in [3.63, 3.8) is 0 Å². The highest BCUT2D eigenvalue weighted by molar-refractivity contribution is 8.01. The van der Waals surface area contributed by atoms with Crippen LogP contribution in [0, 0.1) is 0 Å². The Kier molecular flexibility index (Phi) is 9.35. The number of aliphatic carboxylic acids is 1. The van der Waals surface area contributed by atoms with E-state index in [1.807, 2.05) is 0 Å². The Balaban J connectivity index is 1.13. The van der Waals surface area contributed by atoms with Gasteiger partial charge >= 0.3 is 5.97 Å². The summed E-state index contributed by atoms with van der Waals surface area (Å²) in [6.45, 7) is -0.172. The van der Waals surface area contributed by atoms with E-state index >= 15 is 0 Å². The summed E-state index contributed by atoms with van der Waals surface area (Å²) in [5, 5.41) is 58.0. The fourth-order valence-electron chi connectivity index (χ4n) is 4.72. The van der Waals surface area contributed by atoms with Crippen LogP contribution in [0.1, 0.15) is 11.3 Å². The standard InChI is InChI=1S/C29H24N6O9S4/c30-28-31-16(11-46-28)21(34-44-7-12-1-3-17(36)19(38)5-12)24(40)33-22-25(41)35-23(27(42)43)14(8-45-26(22)35)9-47-29-32-15(10-48-29)13-2-4-18(37)20(39)6-13/h1-6,10-11,22,26,36-39H,7-9H2,(H2,30,31)(H,33,40)(H,42,43)/t22-,26+/m1/s1. The van der Waals surface area contributed by atoms with Gasteiger partial charge in [0.25, 0.3) is 11.8 Å². The van der Waals surface area contributed by atoms with Crippen LogP contribution in [-0.2, 0) is 25.8 Å². The van der Waals surface area contributed by atoms with Crippen molar-refractivity contribution in [2.24, 2.45) is 5.16 Å². The fourth-order valence-corrected chi connectivity index (χ4v) is 8.59. The van der Waals surface area contributed by atoms with Gasteiger partial charge in [0.1, 0.15) is 29.4 Å². The smallest absolute Gasteiger partial charge is 0.352 e. The molecule has 19 heteroatoms. The third-order valence-electron chi connectivity index (χ3n) is 7.07. The molecule has 2 atom stereocenters. The molecule has 2 aromatic carbocycles. The minimum atomic E-state index is -1.28. The van der Waals surface area contributed by atoms with Gasteiger partial charge in [0, 0.05) is 27.8 Å². The number of carbonyl (C=O) groups is 3. The molecule has 2 amide bonds. The molecule has 48 heavy (non-hydrogen) atoms. The molecule has 4 aromatic rings. The lowest BCUT2D eigenvalue weighted by atomic mass is 10.0. The molecule has 0 unspecified atom stereocenters. The lowest BCUT2D eigenvalue weighted by Gasteiger charge is -2.49. The first-order chi connectivity index (χ1) is 23.0. The number of oxime groups is 1. The van der Waals surface area contributed by atoms with E-state index < -0.39 is 29.2 Å². The average molecular weight is 729 g/mol. The number of carboxylic acids is 1. The number of nitrogen functional groups attached to an aromatic ring is 1. The van der Waals surface area contributed by atoms with E-state index in [1.165, 1.54) is 70.6 Å². The molecule has 1 fully saturated rings. The molecule has 2 aromatic heterocycles. The highest BCUT2D eigenvalue weighted by atomic mass is 32.2. The van der Waals surface area contributed by atoms with E-state index in [1.54, 1.807) is 11.4 Å². The van der Waals surface area contributed by atoms with Crippen molar-refractivity contribution >= 4 is 74.8 Å². The minimum absolute atomic E-state index is 0.0986. The highest BCUT2D eigenvalue weighted by Gasteiger charge is 2.54. The summed E-state index contributed by atoms with van der Waals surface area (Å²) in [5.41, 5.74) is 7.57. The molecule has 2 aliphatic rings. The van der Waals surface area contributed by atoms with Crippen LogP contribution in [0.25, 0.3) is 11.3 Å². The Morgan fingerprint density at radius 2 is 1.79 bits per heavy atom. The van der Waals surface area contributed by atoms with Gasteiger partial charge in [0.15, 0.2) is 38.2 Å². The topological polar surface area (TPSA) is 241 Å². The normalized spacial score (nSPS) is 17.5. The molecule has 248 valence electrons. The Bertz CT molecular complexity index is 1990. The molecule has 4 heterocycles. The summed E-state index contributed by atoms with van der Waals surface area (Å²) < 4.78 is 0.640. The molecule has 2 aliphatic heterocycles. The fraction of sp³-hybridized carbons (Fsp3) is 0.172. The number of nitrogens with one attached hydrogen (secondary N) is 1. The molecule has 0 aliphatic carbocycles. The number of thioether (sulfide) groups is 2. The number of β-lactam (4-membered cyclic amide) rings is 1. The number of anilines is 1. The number of nitrogens with two attached hydrogens (primary N) is 1. The summed E-state index contributed by atoms with van der Waals surface area (Å²) >= 11 is 5.00. The second-order valence-corrected chi connectivity index (χ2v) is 14.3. The van der Waals surface area contributed by atoms with Gasteiger partial charge < -0.3 is 41.4 Å². The summed E-state index contributed by atoms with van der Waals surface area (Å²) in [7, 11) is 0. The Morgan fingerprint density at radius 3 is 2.48 bits per heavy atom. The van der Waals surface area contributed by atoms with E-state index in [2.05, 4.69) is 20.4 Å². The molecule has 6 rings (SSSR count). The molecule has 8 N–H and O–H groups in total. The van der Waals surface area contributed by atoms with E-state index in [9.17, 15) is 39.9 Å². The van der Waals surface area contributed by atoms with E-state index in [0.29, 0.717) is 26.7 Å². The number of amides is 2. The molecule has 0 saturated carbocycles. The first kappa shape index (κ1) is 32.9. The van der Waals surface area contributed by atoms with Gasteiger partial charge in [-0.25, -0.2) is 14.8 Å². The second kappa shape index (κ2) is 13.6. The van der Waals surface area contributed by atoms with Crippen LogP contribution in [0.15, 0.2) is 67.9 Å². The molecular formula is C29H24N6O9S4. The summed E-state index contributed by atoms with van der Waals surface area (Å²) in [6.07, 6.45) is 0. The molecular weight excluding hydrogens is 705 g/mol. The number of hydrogen-bond acceptors (Lipinski definition) is 16. The zero-order valence-electron chi connectivity index (χ0n) is 24.3. The van der Waals surface area contributed by atoms with Crippen LogP contribution in [0.3, 0.4) is 0 Å². The first-order valence-electron chi connectivity index (χ1n) is 13.7. The van der Waals surface area contributed by atoms with Crippen molar-refractivity contribution in [1.29, 1.82) is 0 Å². The number of aromatic nitrogens is 2. The lowest BCUT2D eigenvalue weighted by molar-refractivity contribution is -0.150. The number of nitrogens with zero attached hydrogens (tertiary/aromatic N) is 4. The van der Waals surface area contributed by atoms with Crippen LogP contribution in [0.5, 0.6) is 23.0 Å². The van der Waals surface area contributed by atoms with Crippen LogP contribution < -0.4 is 11.1 Å². The molecule has 1 saturated heterocycles. The molecule has 15 nitrogen and oxygen atoms in total. The maximum absolute atomic E-state index is 13.4. The van der Waals surface area contributed by atoms with Crippen molar-refractivity contribution < 1.29 is 44.8 Å². The van der Waals surface area contributed by atoms with Gasteiger partial charge in [-0.15, -0.1) is 34.4 Å². The number of carbonyl (C=O) groups excluding carboxylic acids is 2. The number of hydrogen-bond donors (Lipinski definition) is 7. The Morgan fingerprint density at radius 1 is 1.04 bits per heavy atom. The number of fused-ring (bicyclic) bond motifs is 1. The van der Waals surface area contributed by atoms with Crippen LogP contribution >= 0.6 is 46.2 Å². The zero-order chi connectivity index (χ0) is 34.1. The number of phenolic OH excluding ortho intramolecular Hbond substituents is 4. The quantitative estimate of drug-likeness (QED) is 0.0386. The SMILES string of the molecule is Nc1nc(C(=NOCc2ccc(O)c(O)c2)C(=O)N[C@@H]2C(=O)N3C(C(=O)O)=C(CSc4nc(-c5ccc(O)c(O)c5)cs4)CS[C@@H]23)cs1. The Hall–Kier alpha value is -4.98. The molecule has 0 bridgehead atoms. The van der Waals surface area contributed by atoms with Crippen molar-refractivity contribution in [1.82, 2.24) is 20.2 Å². The van der Waals surface area contributed by atoms with Gasteiger partial charge in [0.05, 0.1) is 5.69 Å². The van der Waals surface area contributed by atoms with Crippen molar-refractivity contribution in [2.75, 3.05) is 17.2 Å². The predicted octanol–water partition coefficient (Wildman–Crippen LogP) is 3.12. The van der Waals surface area contributed by atoms with E-state index in [-0.39, 0.29) is 63.3 Å². The number of phenols is 4. The number of aromatic hydroxyl groups is 4. The lowest BCUT2D eigenvalue weighted by Crippen LogP contribution is -2.71. The summed E-state index contributed by atoms with van der Waals surface area (Å²) in [6, 6.07) is 7.35. The summed E-state index contributed by atoms with van der Waals surface area (Å²) in [4.78, 5) is 54.2. The maximum atomic E-state index is 13.4. The van der Waals surface area contributed by atoms with Gasteiger partial charge in [-0.3, -0.25) is 14.5 Å². The number of rotatable bonds is 11.